The maximum atomic E-state index is 12.9. The number of nitrogens with one attached hydrogen (secondary N) is 2. The van der Waals surface area contributed by atoms with E-state index in [0.29, 0.717) is 23.8 Å². The molecule has 23 heavy (non-hydrogen) atoms. The molecular weight excluding hydrogens is 335 g/mol. The van der Waals surface area contributed by atoms with Crippen LogP contribution in [0.2, 0.25) is 5.02 Å². The highest BCUT2D eigenvalue weighted by molar-refractivity contribution is 6.30. The number of benzene rings is 1. The van der Waals surface area contributed by atoms with Crippen molar-refractivity contribution in [3.05, 3.63) is 51.8 Å². The maximum Gasteiger partial charge on any atom is 0.275 e. The van der Waals surface area contributed by atoms with Crippen molar-refractivity contribution < 1.29 is 4.79 Å². The normalized spacial score (nSPS) is 17.7. The molecule has 2 heterocycles. The van der Waals surface area contributed by atoms with E-state index in [2.05, 4.69) is 15.5 Å². The molecule has 1 aromatic heterocycles. The van der Waals surface area contributed by atoms with Gasteiger partial charge in [-0.25, -0.2) is 0 Å². The molecule has 2 aromatic rings. The molecule has 0 spiro atoms. The number of halogens is 2. The summed E-state index contributed by atoms with van der Waals surface area (Å²) in [5, 5.41) is 11.1. The number of amides is 1. The number of hydrogen-bond acceptors (Lipinski definition) is 3. The molecule has 1 aromatic carbocycles. The van der Waals surface area contributed by atoms with E-state index in [1.165, 1.54) is 0 Å². The molecule has 0 saturated carbocycles. The van der Waals surface area contributed by atoms with Crippen LogP contribution in [0.5, 0.6) is 0 Å². The summed E-state index contributed by atoms with van der Waals surface area (Å²) in [7, 11) is 0. The zero-order valence-corrected chi connectivity index (χ0v) is 14.7. The minimum Gasteiger partial charge on any atom is -0.328 e. The molecule has 2 N–H and O–H groups in total. The first kappa shape index (κ1) is 17.8. The summed E-state index contributed by atoms with van der Waals surface area (Å²) in [6.07, 6.45) is 0. The molecule has 1 amide bonds. The second-order valence-corrected chi connectivity index (χ2v) is 6.03. The molecule has 124 valence electrons. The first-order valence-electron chi connectivity index (χ1n) is 7.36. The molecule has 1 saturated heterocycles. The fraction of sp³-hybridized carbons (Fsp3) is 0.375. The standard InChI is InChI=1S/C16H19ClN4O.ClH/c1-10-11(2)19-20-15(10)16(22)21-7-6-18-9-14(21)12-4-3-5-13(17)8-12;/h3-5,8,14,18H,6-7,9H2,1-2H3,(H,19,20);1H. The molecule has 1 fully saturated rings. The van der Waals surface area contributed by atoms with Gasteiger partial charge in [-0.15, -0.1) is 12.4 Å². The molecule has 0 bridgehead atoms. The van der Waals surface area contributed by atoms with Crippen molar-refractivity contribution in [2.24, 2.45) is 0 Å². The number of aromatic nitrogens is 2. The lowest BCUT2D eigenvalue weighted by Crippen LogP contribution is -2.48. The quantitative estimate of drug-likeness (QED) is 0.871. The minimum atomic E-state index is -0.0340. The van der Waals surface area contributed by atoms with E-state index in [0.717, 1.165) is 23.4 Å². The molecule has 1 atom stereocenters. The summed E-state index contributed by atoms with van der Waals surface area (Å²) < 4.78 is 0. The van der Waals surface area contributed by atoms with E-state index in [4.69, 9.17) is 11.6 Å². The van der Waals surface area contributed by atoms with Crippen LogP contribution in [0.15, 0.2) is 24.3 Å². The van der Waals surface area contributed by atoms with Gasteiger partial charge in [-0.3, -0.25) is 9.89 Å². The van der Waals surface area contributed by atoms with Crippen LogP contribution < -0.4 is 5.32 Å². The van der Waals surface area contributed by atoms with E-state index in [1.54, 1.807) is 0 Å². The van der Waals surface area contributed by atoms with Crippen molar-refractivity contribution in [2.45, 2.75) is 19.9 Å². The van der Waals surface area contributed by atoms with Gasteiger partial charge in [0.1, 0.15) is 0 Å². The fourth-order valence-corrected chi connectivity index (χ4v) is 2.99. The Morgan fingerprint density at radius 2 is 2.17 bits per heavy atom. The van der Waals surface area contributed by atoms with Gasteiger partial charge in [0.2, 0.25) is 0 Å². The fourth-order valence-electron chi connectivity index (χ4n) is 2.79. The van der Waals surface area contributed by atoms with Crippen LogP contribution in [0.1, 0.15) is 33.4 Å². The summed E-state index contributed by atoms with van der Waals surface area (Å²) >= 11 is 6.10. The van der Waals surface area contributed by atoms with Crippen molar-refractivity contribution in [1.29, 1.82) is 0 Å². The number of aromatic amines is 1. The predicted molar refractivity (Wildman–Crippen MR) is 93.4 cm³/mol. The number of aryl methyl sites for hydroxylation is 1. The van der Waals surface area contributed by atoms with E-state index >= 15 is 0 Å². The average molecular weight is 355 g/mol. The van der Waals surface area contributed by atoms with Gasteiger partial charge in [0.25, 0.3) is 5.91 Å². The number of H-pyrrole nitrogens is 1. The Labute approximate surface area is 146 Å². The molecule has 3 rings (SSSR count). The second kappa shape index (κ2) is 7.34. The highest BCUT2D eigenvalue weighted by atomic mass is 35.5. The Balaban J connectivity index is 0.00000192. The molecule has 5 nitrogen and oxygen atoms in total. The summed E-state index contributed by atoms with van der Waals surface area (Å²) in [6, 6.07) is 7.65. The lowest BCUT2D eigenvalue weighted by Gasteiger charge is -2.36. The molecule has 7 heteroatoms. The molecule has 0 radical (unpaired) electrons. The van der Waals surface area contributed by atoms with Crippen molar-refractivity contribution >= 4 is 29.9 Å². The largest absolute Gasteiger partial charge is 0.328 e. The molecule has 0 aliphatic carbocycles. The zero-order chi connectivity index (χ0) is 15.7. The number of piperazine rings is 1. The van der Waals surface area contributed by atoms with Gasteiger partial charge >= 0.3 is 0 Å². The third-order valence-electron chi connectivity index (χ3n) is 4.19. The average Bonchev–Trinajstić information content (AvgIpc) is 2.86. The van der Waals surface area contributed by atoms with Crippen molar-refractivity contribution in [3.63, 3.8) is 0 Å². The number of carbonyl (C=O) groups is 1. The van der Waals surface area contributed by atoms with Crippen LogP contribution >= 0.6 is 24.0 Å². The maximum absolute atomic E-state index is 12.9. The first-order chi connectivity index (χ1) is 10.6. The van der Waals surface area contributed by atoms with Crippen LogP contribution in [-0.2, 0) is 0 Å². The summed E-state index contributed by atoms with van der Waals surface area (Å²) in [4.78, 5) is 14.8. The van der Waals surface area contributed by atoms with Crippen molar-refractivity contribution in [3.8, 4) is 0 Å². The van der Waals surface area contributed by atoms with Crippen molar-refractivity contribution in [1.82, 2.24) is 20.4 Å². The summed E-state index contributed by atoms with van der Waals surface area (Å²) in [6.45, 7) is 6.00. The predicted octanol–water partition coefficient (Wildman–Crippen LogP) is 2.89. The Morgan fingerprint density at radius 1 is 1.39 bits per heavy atom. The van der Waals surface area contributed by atoms with Gasteiger partial charge in [-0.2, -0.15) is 5.10 Å². The van der Waals surface area contributed by atoms with E-state index in [9.17, 15) is 4.79 Å². The Morgan fingerprint density at radius 3 is 2.83 bits per heavy atom. The second-order valence-electron chi connectivity index (χ2n) is 5.60. The SMILES string of the molecule is Cc1[nH]nc(C(=O)N2CCNCC2c2cccc(Cl)c2)c1C.Cl. The molecule has 1 aliphatic rings. The van der Waals surface area contributed by atoms with Crippen molar-refractivity contribution in [2.75, 3.05) is 19.6 Å². The lowest BCUT2D eigenvalue weighted by atomic mass is 10.0. The Hall–Kier alpha value is -1.56. The van der Waals surface area contributed by atoms with Gasteiger partial charge in [-0.05, 0) is 31.5 Å². The highest BCUT2D eigenvalue weighted by Gasteiger charge is 2.30. The number of nitrogens with zero attached hydrogens (tertiary/aromatic N) is 2. The first-order valence-corrected chi connectivity index (χ1v) is 7.74. The summed E-state index contributed by atoms with van der Waals surface area (Å²) in [5.74, 6) is -0.0340. The van der Waals surface area contributed by atoms with Gasteiger partial charge in [0, 0.05) is 35.9 Å². The Kier molecular flexibility index (Phi) is 5.68. The van der Waals surface area contributed by atoms with Crippen LogP contribution in [-0.4, -0.2) is 40.6 Å². The smallest absolute Gasteiger partial charge is 0.275 e. The van der Waals surface area contributed by atoms with Crippen LogP contribution in [0.25, 0.3) is 0 Å². The van der Waals surface area contributed by atoms with Crippen LogP contribution in [0.3, 0.4) is 0 Å². The third kappa shape index (κ3) is 3.52. The van der Waals surface area contributed by atoms with Gasteiger partial charge in [0.15, 0.2) is 5.69 Å². The lowest BCUT2D eigenvalue weighted by molar-refractivity contribution is 0.0627. The van der Waals surface area contributed by atoms with Crippen LogP contribution in [0, 0.1) is 13.8 Å². The molecule has 1 unspecified atom stereocenters. The highest BCUT2D eigenvalue weighted by Crippen LogP contribution is 2.26. The van der Waals surface area contributed by atoms with Gasteiger partial charge < -0.3 is 10.2 Å². The van der Waals surface area contributed by atoms with Crippen LogP contribution in [0.4, 0.5) is 0 Å². The van der Waals surface area contributed by atoms with E-state index in [-0.39, 0.29) is 24.4 Å². The Bertz CT molecular complexity index is 701. The molecular formula is C16H20Cl2N4O. The zero-order valence-electron chi connectivity index (χ0n) is 13.1. The summed E-state index contributed by atoms with van der Waals surface area (Å²) in [5.41, 5.74) is 3.38. The monoisotopic (exact) mass is 354 g/mol. The number of hydrogen-bond donors (Lipinski definition) is 2. The van der Waals surface area contributed by atoms with Gasteiger partial charge in [-0.1, -0.05) is 23.7 Å². The van der Waals surface area contributed by atoms with E-state index < -0.39 is 0 Å². The minimum absolute atomic E-state index is 0. The third-order valence-corrected chi connectivity index (χ3v) is 4.43. The van der Waals surface area contributed by atoms with E-state index in [1.807, 2.05) is 43.0 Å². The number of rotatable bonds is 2. The topological polar surface area (TPSA) is 61.0 Å². The van der Waals surface area contributed by atoms with Gasteiger partial charge in [0.05, 0.1) is 6.04 Å². The molecule has 1 aliphatic heterocycles. The number of carbonyl (C=O) groups excluding carboxylic acids is 1.